The zero-order valence-corrected chi connectivity index (χ0v) is 8.11. The molecule has 0 spiro atoms. The molecule has 1 rings (SSSR count). The Kier molecular flexibility index (Phi) is 4.11. The maximum Gasteiger partial charge on any atom is 0.228 e. The standard InChI is InChI=1S/C6H7Cl2FN4/c7-4-11-5(8)13-6(12-4)10-3-1-2-9/h1-3H2,(H,10,11,12,13). The molecule has 0 saturated heterocycles. The fourth-order valence-electron chi connectivity index (χ4n) is 0.672. The average Bonchev–Trinajstić information content (AvgIpc) is 2.03. The van der Waals surface area contributed by atoms with Gasteiger partial charge in [-0.05, 0) is 29.6 Å². The smallest absolute Gasteiger partial charge is 0.228 e. The lowest BCUT2D eigenvalue weighted by atomic mass is 10.5. The third-order valence-corrected chi connectivity index (χ3v) is 1.51. The second-order valence-electron chi connectivity index (χ2n) is 2.17. The first kappa shape index (κ1) is 10.4. The van der Waals surface area contributed by atoms with Crippen molar-refractivity contribution in [3.8, 4) is 0 Å². The first-order valence-corrected chi connectivity index (χ1v) is 4.35. The molecule has 0 unspecified atom stereocenters. The largest absolute Gasteiger partial charge is 0.354 e. The van der Waals surface area contributed by atoms with Gasteiger partial charge in [0, 0.05) is 6.54 Å². The van der Waals surface area contributed by atoms with Crippen molar-refractivity contribution in [2.45, 2.75) is 6.42 Å². The second-order valence-corrected chi connectivity index (χ2v) is 2.84. The number of hydrogen-bond donors (Lipinski definition) is 1. The summed E-state index contributed by atoms with van der Waals surface area (Å²) in [5, 5.41) is 2.79. The highest BCUT2D eigenvalue weighted by Crippen LogP contribution is 2.09. The number of halogens is 3. The van der Waals surface area contributed by atoms with Crippen LogP contribution in [-0.4, -0.2) is 28.2 Å². The van der Waals surface area contributed by atoms with Crippen molar-refractivity contribution < 1.29 is 4.39 Å². The summed E-state index contributed by atoms with van der Waals surface area (Å²) in [6.07, 6.45) is 0.390. The van der Waals surface area contributed by atoms with Crippen LogP contribution in [-0.2, 0) is 0 Å². The number of nitrogens with zero attached hydrogens (tertiary/aromatic N) is 3. The lowest BCUT2D eigenvalue weighted by molar-refractivity contribution is 0.481. The molecule has 1 aromatic rings. The molecule has 0 saturated carbocycles. The van der Waals surface area contributed by atoms with Crippen LogP contribution in [0.1, 0.15) is 6.42 Å². The molecule has 1 heterocycles. The van der Waals surface area contributed by atoms with Gasteiger partial charge in [-0.1, -0.05) is 0 Å². The first-order valence-electron chi connectivity index (χ1n) is 3.59. The average molecular weight is 225 g/mol. The molecule has 72 valence electrons. The molecule has 4 nitrogen and oxygen atoms in total. The van der Waals surface area contributed by atoms with E-state index in [0.717, 1.165) is 0 Å². The molecule has 1 N–H and O–H groups in total. The molecule has 0 atom stereocenters. The Labute approximate surface area is 84.5 Å². The summed E-state index contributed by atoms with van der Waals surface area (Å²) in [4.78, 5) is 11.0. The van der Waals surface area contributed by atoms with Gasteiger partial charge in [-0.25, -0.2) is 0 Å². The van der Waals surface area contributed by atoms with Crippen molar-refractivity contribution in [1.29, 1.82) is 0 Å². The molecule has 7 heteroatoms. The fraction of sp³-hybridized carbons (Fsp3) is 0.500. The van der Waals surface area contributed by atoms with Gasteiger partial charge >= 0.3 is 0 Å². The molecule has 0 aliphatic carbocycles. The second kappa shape index (κ2) is 5.14. The van der Waals surface area contributed by atoms with Gasteiger partial charge < -0.3 is 5.32 Å². The fourth-order valence-corrected chi connectivity index (χ4v) is 1.04. The minimum atomic E-state index is -0.389. The highest BCUT2D eigenvalue weighted by molar-refractivity contribution is 6.31. The van der Waals surface area contributed by atoms with Crippen molar-refractivity contribution in [3.05, 3.63) is 10.6 Å². The number of hydrogen-bond acceptors (Lipinski definition) is 4. The monoisotopic (exact) mass is 224 g/mol. The Morgan fingerprint density at radius 3 is 2.31 bits per heavy atom. The van der Waals surface area contributed by atoms with Crippen LogP contribution in [0.25, 0.3) is 0 Å². The SMILES string of the molecule is FCCCNc1nc(Cl)nc(Cl)n1. The maximum absolute atomic E-state index is 11.7. The van der Waals surface area contributed by atoms with Gasteiger partial charge in [0.15, 0.2) is 0 Å². The Bertz CT molecular complexity index is 263. The Morgan fingerprint density at radius 1 is 1.15 bits per heavy atom. The van der Waals surface area contributed by atoms with Crippen molar-refractivity contribution in [2.24, 2.45) is 0 Å². The summed E-state index contributed by atoms with van der Waals surface area (Å²) in [6, 6.07) is 0. The van der Waals surface area contributed by atoms with Gasteiger partial charge in [0.1, 0.15) is 0 Å². The van der Waals surface area contributed by atoms with Crippen LogP contribution < -0.4 is 5.32 Å². The summed E-state index contributed by atoms with van der Waals surface area (Å²) in [6.45, 7) is 0.0483. The number of aromatic nitrogens is 3. The van der Waals surface area contributed by atoms with Crippen LogP contribution in [0.15, 0.2) is 0 Å². The van der Waals surface area contributed by atoms with Crippen LogP contribution in [0.5, 0.6) is 0 Å². The van der Waals surface area contributed by atoms with E-state index in [9.17, 15) is 4.39 Å². The molecular weight excluding hydrogens is 218 g/mol. The molecule has 0 aliphatic rings. The van der Waals surface area contributed by atoms with Gasteiger partial charge in [-0.15, -0.1) is 0 Å². The molecule has 13 heavy (non-hydrogen) atoms. The van der Waals surface area contributed by atoms with Crippen LogP contribution in [0, 0.1) is 0 Å². The van der Waals surface area contributed by atoms with Crippen LogP contribution >= 0.6 is 23.2 Å². The van der Waals surface area contributed by atoms with Crippen molar-refractivity contribution in [2.75, 3.05) is 18.5 Å². The molecular formula is C6H7Cl2FN4. The van der Waals surface area contributed by atoms with E-state index in [1.165, 1.54) is 0 Å². The van der Waals surface area contributed by atoms with E-state index in [0.29, 0.717) is 13.0 Å². The van der Waals surface area contributed by atoms with Crippen LogP contribution in [0.4, 0.5) is 10.3 Å². The van der Waals surface area contributed by atoms with Gasteiger partial charge in [-0.2, -0.15) is 15.0 Å². The Hall–Kier alpha value is -0.680. The highest BCUT2D eigenvalue weighted by Gasteiger charge is 2.01. The quantitative estimate of drug-likeness (QED) is 0.795. The minimum absolute atomic E-state index is 0.0164. The number of alkyl halides is 1. The van der Waals surface area contributed by atoms with Gasteiger partial charge in [0.05, 0.1) is 6.67 Å². The van der Waals surface area contributed by atoms with Crippen LogP contribution in [0.3, 0.4) is 0 Å². The molecule has 0 bridgehead atoms. The summed E-state index contributed by atoms with van der Waals surface area (Å²) < 4.78 is 11.7. The van der Waals surface area contributed by atoms with Crippen molar-refractivity contribution >= 4 is 29.2 Å². The first-order chi connectivity index (χ1) is 6.22. The zero-order chi connectivity index (χ0) is 9.68. The third kappa shape index (κ3) is 3.69. The lowest BCUT2D eigenvalue weighted by Crippen LogP contribution is -2.06. The van der Waals surface area contributed by atoms with Crippen LogP contribution in [0.2, 0.25) is 10.6 Å². The number of rotatable bonds is 4. The zero-order valence-electron chi connectivity index (χ0n) is 6.60. The summed E-state index contributed by atoms with van der Waals surface area (Å²) in [5.41, 5.74) is 0. The molecule has 0 amide bonds. The summed E-state index contributed by atoms with van der Waals surface area (Å²) in [7, 11) is 0. The molecule has 1 aromatic heterocycles. The molecule has 0 aliphatic heterocycles. The lowest BCUT2D eigenvalue weighted by Gasteiger charge is -2.02. The predicted octanol–water partition coefficient (Wildman–Crippen LogP) is 1.95. The Morgan fingerprint density at radius 2 is 1.77 bits per heavy atom. The van der Waals surface area contributed by atoms with E-state index in [4.69, 9.17) is 23.2 Å². The summed E-state index contributed by atoms with van der Waals surface area (Å²) in [5.74, 6) is 0.262. The minimum Gasteiger partial charge on any atom is -0.354 e. The van der Waals surface area contributed by atoms with Gasteiger partial charge in [-0.3, -0.25) is 4.39 Å². The summed E-state index contributed by atoms with van der Waals surface area (Å²) >= 11 is 11.0. The van der Waals surface area contributed by atoms with Gasteiger partial charge in [0.2, 0.25) is 16.5 Å². The van der Waals surface area contributed by atoms with Gasteiger partial charge in [0.25, 0.3) is 0 Å². The molecule has 0 aromatic carbocycles. The van der Waals surface area contributed by atoms with E-state index in [1.54, 1.807) is 0 Å². The maximum atomic E-state index is 11.7. The highest BCUT2D eigenvalue weighted by atomic mass is 35.5. The molecule has 0 radical (unpaired) electrons. The van der Waals surface area contributed by atoms with Crippen molar-refractivity contribution in [1.82, 2.24) is 15.0 Å². The van der Waals surface area contributed by atoms with E-state index in [1.807, 2.05) is 0 Å². The Balaban J connectivity index is 2.56. The van der Waals surface area contributed by atoms with E-state index < -0.39 is 0 Å². The number of anilines is 1. The van der Waals surface area contributed by atoms with Crippen molar-refractivity contribution in [3.63, 3.8) is 0 Å². The van der Waals surface area contributed by atoms with E-state index in [-0.39, 0.29) is 23.2 Å². The normalized spacial score (nSPS) is 10.1. The predicted molar refractivity (Wildman–Crippen MR) is 48.9 cm³/mol. The molecule has 0 fully saturated rings. The van der Waals surface area contributed by atoms with E-state index in [2.05, 4.69) is 20.3 Å². The third-order valence-electron chi connectivity index (χ3n) is 1.17. The van der Waals surface area contributed by atoms with E-state index >= 15 is 0 Å². The topological polar surface area (TPSA) is 50.7 Å². The number of nitrogens with one attached hydrogen (secondary N) is 1.